The summed E-state index contributed by atoms with van der Waals surface area (Å²) >= 11 is 0.993. The average Bonchev–Trinajstić information content (AvgIpc) is 2.77. The van der Waals surface area contributed by atoms with Gasteiger partial charge < -0.3 is 5.73 Å². The molecule has 2 heterocycles. The highest BCUT2D eigenvalue weighted by Gasteiger charge is 2.07. The van der Waals surface area contributed by atoms with Crippen LogP contribution in [-0.2, 0) is 11.3 Å². The number of nitrogens with one attached hydrogen (secondary N) is 1. The molecule has 0 saturated carbocycles. The summed E-state index contributed by atoms with van der Waals surface area (Å²) in [5.74, 6) is -0.168. The van der Waals surface area contributed by atoms with Crippen molar-refractivity contribution in [2.24, 2.45) is 0 Å². The van der Waals surface area contributed by atoms with Crippen LogP contribution in [0.4, 0.5) is 11.1 Å². The number of carbonyl (C=O) groups excluding carboxylic acids is 1. The zero-order valence-electron chi connectivity index (χ0n) is 7.36. The molecule has 0 aromatic carbocycles. The van der Waals surface area contributed by atoms with Gasteiger partial charge in [0.05, 0.1) is 0 Å². The number of nitrogens with zero attached hydrogens (tertiary/aromatic N) is 6. The fraction of sp³-hybridized carbons (Fsp3) is 0.200. The van der Waals surface area contributed by atoms with E-state index in [0.29, 0.717) is 5.13 Å². The highest BCUT2D eigenvalue weighted by Crippen LogP contribution is 2.04. The van der Waals surface area contributed by atoms with Crippen molar-refractivity contribution in [3.05, 3.63) is 6.33 Å². The predicted molar refractivity (Wildman–Crippen MR) is 50.8 cm³/mol. The summed E-state index contributed by atoms with van der Waals surface area (Å²) in [6.07, 6.45) is 1.37. The number of rotatable bonds is 3. The lowest BCUT2D eigenvalue weighted by Gasteiger charge is -1.99. The molecule has 15 heavy (non-hydrogen) atoms. The first-order chi connectivity index (χ1) is 7.24. The molecule has 0 atom stereocenters. The summed E-state index contributed by atoms with van der Waals surface area (Å²) < 4.78 is 4.82. The molecular formula is C5H6N8OS. The van der Waals surface area contributed by atoms with Crippen LogP contribution in [0.3, 0.4) is 0 Å². The van der Waals surface area contributed by atoms with Crippen LogP contribution < -0.4 is 11.1 Å². The van der Waals surface area contributed by atoms with Gasteiger partial charge in [0.1, 0.15) is 12.9 Å². The second-order valence-corrected chi connectivity index (χ2v) is 3.25. The Labute approximate surface area is 87.5 Å². The minimum atomic E-state index is -0.293. The maximum absolute atomic E-state index is 11.4. The highest BCUT2D eigenvalue weighted by molar-refractivity contribution is 7.09. The lowest BCUT2D eigenvalue weighted by atomic mass is 10.6. The molecular weight excluding hydrogens is 220 g/mol. The van der Waals surface area contributed by atoms with E-state index in [2.05, 4.69) is 30.2 Å². The molecule has 0 spiro atoms. The number of anilines is 2. The molecule has 3 N–H and O–H groups in total. The summed E-state index contributed by atoms with van der Waals surface area (Å²) in [5.41, 5.74) is 5.29. The van der Waals surface area contributed by atoms with E-state index in [1.54, 1.807) is 0 Å². The van der Waals surface area contributed by atoms with Crippen molar-refractivity contribution in [2.75, 3.05) is 11.1 Å². The summed E-state index contributed by atoms with van der Waals surface area (Å²) in [6, 6.07) is 0. The first-order valence-corrected chi connectivity index (χ1v) is 4.61. The van der Waals surface area contributed by atoms with E-state index in [9.17, 15) is 4.79 Å². The number of aromatic nitrogens is 6. The molecule has 0 aliphatic heterocycles. The van der Waals surface area contributed by atoms with E-state index in [-0.39, 0.29) is 18.4 Å². The SMILES string of the molecule is Nc1ncn(CC(=O)Nc2nnns2)n1. The van der Waals surface area contributed by atoms with Crippen LogP contribution in [0.2, 0.25) is 0 Å². The van der Waals surface area contributed by atoms with Crippen LogP contribution in [0.25, 0.3) is 0 Å². The van der Waals surface area contributed by atoms with Gasteiger partial charge in [-0.2, -0.15) is 0 Å². The van der Waals surface area contributed by atoms with Crippen molar-refractivity contribution in [1.29, 1.82) is 0 Å². The van der Waals surface area contributed by atoms with Gasteiger partial charge in [0.25, 0.3) is 0 Å². The Balaban J connectivity index is 1.93. The summed E-state index contributed by atoms with van der Waals surface area (Å²) in [7, 11) is 0. The third-order valence-electron chi connectivity index (χ3n) is 1.41. The van der Waals surface area contributed by atoms with Gasteiger partial charge in [-0.15, -0.1) is 5.10 Å². The van der Waals surface area contributed by atoms with E-state index < -0.39 is 0 Å². The van der Waals surface area contributed by atoms with Crippen molar-refractivity contribution in [3.8, 4) is 0 Å². The molecule has 1 amide bonds. The second-order valence-electron chi connectivity index (χ2n) is 2.52. The number of hydrogen-bond acceptors (Lipinski definition) is 8. The lowest BCUT2D eigenvalue weighted by molar-refractivity contribution is -0.116. The molecule has 0 radical (unpaired) electrons. The summed E-state index contributed by atoms with van der Waals surface area (Å²) in [6.45, 7) is 0.0176. The van der Waals surface area contributed by atoms with Crippen molar-refractivity contribution in [1.82, 2.24) is 29.6 Å². The largest absolute Gasteiger partial charge is 0.367 e. The normalized spacial score (nSPS) is 10.1. The fourth-order valence-electron chi connectivity index (χ4n) is 0.873. The molecule has 0 aliphatic rings. The maximum Gasteiger partial charge on any atom is 0.248 e. The number of nitrogens with two attached hydrogens (primary N) is 1. The van der Waals surface area contributed by atoms with Crippen LogP contribution in [0.1, 0.15) is 0 Å². The van der Waals surface area contributed by atoms with Crippen molar-refractivity contribution < 1.29 is 4.79 Å². The van der Waals surface area contributed by atoms with Gasteiger partial charge in [-0.05, 0) is 5.21 Å². The zero-order chi connectivity index (χ0) is 10.7. The smallest absolute Gasteiger partial charge is 0.248 e. The molecule has 78 valence electrons. The maximum atomic E-state index is 11.4. The van der Waals surface area contributed by atoms with Crippen LogP contribution in [0.15, 0.2) is 6.33 Å². The fourth-order valence-corrected chi connectivity index (χ4v) is 1.26. The topological polar surface area (TPSA) is 124 Å². The Hall–Kier alpha value is -2.10. The zero-order valence-corrected chi connectivity index (χ0v) is 8.18. The number of amides is 1. The molecule has 10 heteroatoms. The Morgan fingerprint density at radius 3 is 3.13 bits per heavy atom. The predicted octanol–water partition coefficient (Wildman–Crippen LogP) is -1.25. The minimum absolute atomic E-state index is 0.0176. The number of carbonyl (C=O) groups is 1. The Morgan fingerprint density at radius 1 is 1.67 bits per heavy atom. The van der Waals surface area contributed by atoms with Crippen molar-refractivity contribution in [3.63, 3.8) is 0 Å². The van der Waals surface area contributed by atoms with Gasteiger partial charge in [0.2, 0.25) is 17.0 Å². The van der Waals surface area contributed by atoms with Crippen LogP contribution >= 0.6 is 11.5 Å². The van der Waals surface area contributed by atoms with Gasteiger partial charge in [0.15, 0.2) is 0 Å². The minimum Gasteiger partial charge on any atom is -0.367 e. The van der Waals surface area contributed by atoms with Gasteiger partial charge in [-0.1, -0.05) is 9.59 Å². The number of nitrogen functional groups attached to an aromatic ring is 1. The number of hydrogen-bond donors (Lipinski definition) is 2. The van der Waals surface area contributed by atoms with Crippen molar-refractivity contribution in [2.45, 2.75) is 6.54 Å². The molecule has 0 bridgehead atoms. The molecule has 2 aromatic rings. The Bertz CT molecular complexity index is 449. The Morgan fingerprint density at radius 2 is 2.53 bits per heavy atom. The summed E-state index contributed by atoms with van der Waals surface area (Å²) in [4.78, 5) is 15.0. The first kappa shape index (κ1) is 9.45. The van der Waals surface area contributed by atoms with Gasteiger partial charge in [0, 0.05) is 11.5 Å². The van der Waals surface area contributed by atoms with Crippen molar-refractivity contribution >= 4 is 28.5 Å². The van der Waals surface area contributed by atoms with Gasteiger partial charge in [-0.25, -0.2) is 9.67 Å². The second kappa shape index (κ2) is 3.96. The average molecular weight is 226 g/mol. The lowest BCUT2D eigenvalue weighted by Crippen LogP contribution is -2.19. The van der Waals surface area contributed by atoms with E-state index in [1.165, 1.54) is 11.0 Å². The molecule has 2 rings (SSSR count). The van der Waals surface area contributed by atoms with Crippen LogP contribution in [-0.4, -0.2) is 35.5 Å². The standard InChI is InChI=1S/C5H6N8OS/c6-4-7-2-13(10-4)1-3(14)8-5-9-11-12-15-5/h2H,1H2,(H2,6,10)(H,8,9,12,14). The molecule has 0 saturated heterocycles. The summed E-state index contributed by atoms with van der Waals surface area (Å²) in [5, 5.41) is 13.5. The first-order valence-electron chi connectivity index (χ1n) is 3.84. The molecule has 0 fully saturated rings. The van der Waals surface area contributed by atoms with E-state index in [4.69, 9.17) is 5.73 Å². The highest BCUT2D eigenvalue weighted by atomic mass is 32.1. The van der Waals surface area contributed by atoms with Crippen LogP contribution in [0.5, 0.6) is 0 Å². The van der Waals surface area contributed by atoms with Crippen LogP contribution in [0, 0.1) is 0 Å². The van der Waals surface area contributed by atoms with Gasteiger partial charge >= 0.3 is 0 Å². The molecule has 9 nitrogen and oxygen atoms in total. The molecule has 0 unspecified atom stereocenters. The Kier molecular flexibility index (Phi) is 2.49. The van der Waals surface area contributed by atoms with E-state index in [0.717, 1.165) is 11.5 Å². The monoisotopic (exact) mass is 226 g/mol. The third kappa shape index (κ3) is 2.43. The molecule has 0 aliphatic carbocycles. The third-order valence-corrected chi connectivity index (χ3v) is 1.92. The quantitative estimate of drug-likeness (QED) is 0.669. The van der Waals surface area contributed by atoms with E-state index >= 15 is 0 Å². The molecule has 2 aromatic heterocycles. The van der Waals surface area contributed by atoms with E-state index in [1.807, 2.05) is 0 Å². The van der Waals surface area contributed by atoms with Gasteiger partial charge in [-0.3, -0.25) is 10.1 Å².